The number of quaternary nitrogens is 1. The van der Waals surface area contributed by atoms with Crippen LogP contribution in [0.1, 0.15) is 98.1 Å². The molecule has 2 heterocycles. The molecule has 0 saturated heterocycles. The van der Waals surface area contributed by atoms with Gasteiger partial charge in [-0.2, -0.15) is 4.37 Å². The van der Waals surface area contributed by atoms with E-state index in [1.54, 1.807) is 0 Å². The van der Waals surface area contributed by atoms with Crippen molar-refractivity contribution in [2.45, 2.75) is 98.6 Å². The predicted molar refractivity (Wildman–Crippen MR) is 132 cm³/mol. The Morgan fingerprint density at radius 3 is 2.53 bits per heavy atom. The number of aromatic nitrogens is 2. The van der Waals surface area contributed by atoms with Crippen LogP contribution in [0, 0.1) is 5.41 Å². The third-order valence-corrected chi connectivity index (χ3v) is 6.61. The van der Waals surface area contributed by atoms with Crippen molar-refractivity contribution in [1.29, 1.82) is 0 Å². The summed E-state index contributed by atoms with van der Waals surface area (Å²) in [6.45, 7) is 13.2. The van der Waals surface area contributed by atoms with Gasteiger partial charge < -0.3 is 9.47 Å². The number of ether oxygens (including phenoxy) is 2. The van der Waals surface area contributed by atoms with Crippen molar-refractivity contribution in [3.63, 3.8) is 0 Å². The highest BCUT2D eigenvalue weighted by atomic mass is 32.1. The van der Waals surface area contributed by atoms with E-state index in [4.69, 9.17) is 9.47 Å². The van der Waals surface area contributed by atoms with Gasteiger partial charge in [0.2, 0.25) is 6.23 Å². The molecule has 0 radical (unpaired) electrons. The summed E-state index contributed by atoms with van der Waals surface area (Å²) < 4.78 is 21.8. The van der Waals surface area contributed by atoms with E-state index in [1.165, 1.54) is 31.0 Å². The summed E-state index contributed by atoms with van der Waals surface area (Å²) in [7, 11) is 2.20. The van der Waals surface area contributed by atoms with Crippen molar-refractivity contribution in [2.75, 3.05) is 26.7 Å². The number of rotatable bonds is 13. The van der Waals surface area contributed by atoms with E-state index in [0.717, 1.165) is 56.5 Å². The molecule has 6 nitrogen and oxygen atoms in total. The minimum absolute atomic E-state index is 0.0831. The number of carbonyl (C=O) groups is 1. The SMILES string of the molecule is CCCCCCOc1nsnc1C1=CCC[N+](C)(C(OC(=O)CCCCC)C(C)(C)C)C1. The quantitative estimate of drug-likeness (QED) is 0.196. The summed E-state index contributed by atoms with van der Waals surface area (Å²) in [5.41, 5.74) is 1.83. The smallest absolute Gasteiger partial charge is 0.310 e. The second-order valence-corrected chi connectivity index (χ2v) is 10.9. The molecule has 0 spiro atoms. The van der Waals surface area contributed by atoms with Crippen LogP contribution < -0.4 is 4.74 Å². The van der Waals surface area contributed by atoms with Gasteiger partial charge in [0.15, 0.2) is 0 Å². The molecular formula is C25H44N3O3S+. The number of nitrogens with zero attached hydrogens (tertiary/aromatic N) is 3. The molecule has 1 aromatic heterocycles. The Bertz CT molecular complexity index is 741. The van der Waals surface area contributed by atoms with E-state index < -0.39 is 0 Å². The molecule has 0 aromatic carbocycles. The summed E-state index contributed by atoms with van der Waals surface area (Å²) in [6, 6.07) is 0. The summed E-state index contributed by atoms with van der Waals surface area (Å²) in [5.74, 6) is 0.565. The highest BCUT2D eigenvalue weighted by Gasteiger charge is 2.46. The molecule has 0 amide bonds. The van der Waals surface area contributed by atoms with Gasteiger partial charge in [0.1, 0.15) is 12.2 Å². The zero-order valence-corrected chi connectivity index (χ0v) is 21.9. The van der Waals surface area contributed by atoms with Crippen LogP contribution in [-0.4, -0.2) is 52.2 Å². The normalized spacial score (nSPS) is 20.0. The Kier molecular flexibility index (Phi) is 10.6. The molecule has 2 unspecified atom stereocenters. The molecule has 1 aliphatic rings. The first kappa shape index (κ1) is 26.8. The molecule has 2 rings (SSSR count). The third-order valence-electron chi connectivity index (χ3n) is 6.10. The first-order valence-corrected chi connectivity index (χ1v) is 13.1. The fourth-order valence-electron chi connectivity index (χ4n) is 4.55. The third kappa shape index (κ3) is 7.84. The zero-order valence-electron chi connectivity index (χ0n) is 21.1. The Morgan fingerprint density at radius 2 is 1.84 bits per heavy atom. The second kappa shape index (κ2) is 12.7. The number of hydrogen-bond donors (Lipinski definition) is 0. The number of unbranched alkanes of at least 4 members (excludes halogenated alkanes) is 5. The van der Waals surface area contributed by atoms with Crippen LogP contribution in [0.25, 0.3) is 5.57 Å². The topological polar surface area (TPSA) is 61.3 Å². The summed E-state index contributed by atoms with van der Waals surface area (Å²) in [6.07, 6.45) is 11.2. The van der Waals surface area contributed by atoms with Crippen molar-refractivity contribution in [1.82, 2.24) is 8.75 Å². The molecule has 32 heavy (non-hydrogen) atoms. The molecule has 0 aliphatic carbocycles. The number of carbonyl (C=O) groups excluding carboxylic acids is 1. The lowest BCUT2D eigenvalue weighted by Gasteiger charge is -2.47. The first-order chi connectivity index (χ1) is 15.2. The van der Waals surface area contributed by atoms with Crippen LogP contribution in [-0.2, 0) is 9.53 Å². The Labute approximate surface area is 199 Å². The van der Waals surface area contributed by atoms with Crippen molar-refractivity contribution in [3.05, 3.63) is 11.8 Å². The van der Waals surface area contributed by atoms with Crippen molar-refractivity contribution in [2.24, 2.45) is 5.41 Å². The standard InChI is InChI=1S/C25H44N3O3S/c1-7-9-11-13-18-30-23-22(26-32-27-23)20-15-14-17-28(6,19-20)24(25(3,4)5)31-21(29)16-12-10-8-2/h15,24H,7-14,16-19H2,1-6H3/q+1. The monoisotopic (exact) mass is 466 g/mol. The molecule has 1 aromatic rings. The maximum Gasteiger partial charge on any atom is 0.310 e. The Balaban J connectivity index is 2.10. The van der Waals surface area contributed by atoms with E-state index >= 15 is 0 Å². The Morgan fingerprint density at radius 1 is 1.12 bits per heavy atom. The molecule has 0 bridgehead atoms. The zero-order chi connectivity index (χ0) is 23.6. The lowest BCUT2D eigenvalue weighted by Crippen LogP contribution is -2.61. The van der Waals surface area contributed by atoms with Gasteiger partial charge in [0.05, 0.1) is 37.3 Å². The average molecular weight is 467 g/mol. The van der Waals surface area contributed by atoms with Gasteiger partial charge >= 0.3 is 5.97 Å². The lowest BCUT2D eigenvalue weighted by molar-refractivity contribution is -0.954. The van der Waals surface area contributed by atoms with Gasteiger partial charge in [-0.15, -0.1) is 4.37 Å². The summed E-state index contributed by atoms with van der Waals surface area (Å²) in [5, 5.41) is 0. The van der Waals surface area contributed by atoms with Gasteiger partial charge in [0.25, 0.3) is 5.88 Å². The largest absolute Gasteiger partial charge is 0.475 e. The minimum Gasteiger partial charge on any atom is -0.475 e. The predicted octanol–water partition coefficient (Wildman–Crippen LogP) is 6.23. The molecule has 0 saturated carbocycles. The first-order valence-electron chi connectivity index (χ1n) is 12.4. The molecule has 0 N–H and O–H groups in total. The maximum absolute atomic E-state index is 12.6. The van der Waals surface area contributed by atoms with E-state index in [9.17, 15) is 4.79 Å². The van der Waals surface area contributed by atoms with Crippen LogP contribution in [0.15, 0.2) is 6.08 Å². The fraction of sp³-hybridized carbons (Fsp3) is 0.800. The van der Waals surface area contributed by atoms with Crippen molar-refractivity contribution < 1.29 is 18.8 Å². The number of esters is 1. The van der Waals surface area contributed by atoms with Crippen LogP contribution >= 0.6 is 11.7 Å². The minimum atomic E-state index is -0.217. The molecule has 2 atom stereocenters. The van der Waals surface area contributed by atoms with Crippen LogP contribution in [0.5, 0.6) is 5.88 Å². The van der Waals surface area contributed by atoms with E-state index in [0.29, 0.717) is 23.4 Å². The van der Waals surface area contributed by atoms with Crippen molar-refractivity contribution in [3.8, 4) is 5.88 Å². The van der Waals surface area contributed by atoms with Crippen LogP contribution in [0.2, 0.25) is 0 Å². The van der Waals surface area contributed by atoms with Gasteiger partial charge in [-0.25, -0.2) is 0 Å². The van der Waals surface area contributed by atoms with Crippen LogP contribution in [0.4, 0.5) is 0 Å². The highest BCUT2D eigenvalue weighted by molar-refractivity contribution is 6.99. The summed E-state index contributed by atoms with van der Waals surface area (Å²) >= 11 is 1.21. The average Bonchev–Trinajstić information content (AvgIpc) is 3.20. The van der Waals surface area contributed by atoms with E-state index in [2.05, 4.69) is 56.5 Å². The number of hydrogen-bond acceptors (Lipinski definition) is 6. The molecular weight excluding hydrogens is 422 g/mol. The Hall–Kier alpha value is -1.47. The van der Waals surface area contributed by atoms with Gasteiger partial charge in [-0.05, 0) is 12.8 Å². The van der Waals surface area contributed by atoms with E-state index in [-0.39, 0.29) is 17.6 Å². The highest BCUT2D eigenvalue weighted by Crippen LogP contribution is 2.37. The maximum atomic E-state index is 12.6. The molecule has 7 heteroatoms. The van der Waals surface area contributed by atoms with Crippen LogP contribution in [0.3, 0.4) is 0 Å². The second-order valence-electron chi connectivity index (χ2n) is 10.4. The lowest BCUT2D eigenvalue weighted by atomic mass is 9.89. The van der Waals surface area contributed by atoms with Gasteiger partial charge in [0, 0.05) is 18.4 Å². The summed E-state index contributed by atoms with van der Waals surface area (Å²) in [4.78, 5) is 12.6. The van der Waals surface area contributed by atoms with E-state index in [1.807, 2.05) is 0 Å². The molecule has 0 fully saturated rings. The molecule has 182 valence electrons. The van der Waals surface area contributed by atoms with Gasteiger partial charge in [-0.1, -0.05) is 72.8 Å². The van der Waals surface area contributed by atoms with Crippen molar-refractivity contribution >= 4 is 23.3 Å². The van der Waals surface area contributed by atoms with Gasteiger partial charge in [-0.3, -0.25) is 9.28 Å². The number of likely N-dealkylation sites (N-methyl/N-ethyl adjacent to an activating group) is 1. The molecule has 1 aliphatic heterocycles. The fourth-order valence-corrected chi connectivity index (χ4v) is 5.08.